The molecule has 3 aliphatic heterocycles. The maximum atomic E-state index is 13.2. The topological polar surface area (TPSA) is 53.1 Å². The number of hydrogen-bond donors (Lipinski definition) is 0. The fraction of sp³-hybridized carbons (Fsp3) is 0.684. The summed E-state index contributed by atoms with van der Waals surface area (Å²) < 4.78 is 5.49. The van der Waals surface area contributed by atoms with Crippen LogP contribution in [0.5, 0.6) is 0 Å². The van der Waals surface area contributed by atoms with Crippen molar-refractivity contribution in [3.05, 3.63) is 22.4 Å². The minimum absolute atomic E-state index is 0.0137. The van der Waals surface area contributed by atoms with Gasteiger partial charge in [0.05, 0.1) is 11.5 Å². The third kappa shape index (κ3) is 3.66. The number of piperidine rings is 1. The molecule has 142 valence electrons. The van der Waals surface area contributed by atoms with Crippen LogP contribution in [0.1, 0.15) is 35.4 Å². The van der Waals surface area contributed by atoms with Crippen molar-refractivity contribution in [2.45, 2.75) is 37.8 Å². The Labute approximate surface area is 158 Å². The molecular formula is C19H27N3O3S. The quantitative estimate of drug-likeness (QED) is 0.804. The maximum absolute atomic E-state index is 13.2. The van der Waals surface area contributed by atoms with Gasteiger partial charge in [-0.2, -0.15) is 0 Å². The molecule has 3 fully saturated rings. The number of piperazine rings is 1. The molecule has 3 saturated heterocycles. The summed E-state index contributed by atoms with van der Waals surface area (Å²) in [6, 6.07) is 3.97. The lowest BCUT2D eigenvalue weighted by Crippen LogP contribution is -2.58. The molecule has 1 aromatic heterocycles. The van der Waals surface area contributed by atoms with E-state index in [1.165, 1.54) is 11.3 Å². The molecule has 7 heteroatoms. The Morgan fingerprint density at radius 3 is 2.62 bits per heavy atom. The first kappa shape index (κ1) is 17.9. The van der Waals surface area contributed by atoms with Crippen molar-refractivity contribution in [1.29, 1.82) is 0 Å². The number of nitrogens with zero attached hydrogens (tertiary/aromatic N) is 3. The number of thiophene rings is 1. The molecule has 2 atom stereocenters. The number of ether oxygens (including phenoxy) is 1. The van der Waals surface area contributed by atoms with Crippen LogP contribution in [-0.4, -0.2) is 84.5 Å². The van der Waals surface area contributed by atoms with Gasteiger partial charge < -0.3 is 14.5 Å². The van der Waals surface area contributed by atoms with Gasteiger partial charge >= 0.3 is 0 Å². The summed E-state index contributed by atoms with van der Waals surface area (Å²) >= 11 is 1.45. The van der Waals surface area contributed by atoms with Gasteiger partial charge in [-0.15, -0.1) is 11.3 Å². The fourth-order valence-corrected chi connectivity index (χ4v) is 4.98. The normalized spacial score (nSPS) is 27.7. The van der Waals surface area contributed by atoms with Crippen molar-refractivity contribution >= 4 is 23.2 Å². The van der Waals surface area contributed by atoms with Crippen LogP contribution >= 0.6 is 11.3 Å². The molecule has 4 rings (SSSR count). The highest BCUT2D eigenvalue weighted by Gasteiger charge is 2.37. The molecule has 26 heavy (non-hydrogen) atoms. The summed E-state index contributed by atoms with van der Waals surface area (Å²) in [6.45, 7) is 5.69. The van der Waals surface area contributed by atoms with E-state index >= 15 is 0 Å². The first-order valence-corrected chi connectivity index (χ1v) is 10.6. The highest BCUT2D eigenvalue weighted by atomic mass is 32.1. The summed E-state index contributed by atoms with van der Waals surface area (Å²) in [7, 11) is 0. The Kier molecular flexibility index (Phi) is 5.57. The largest absolute Gasteiger partial charge is 0.380 e. The molecular weight excluding hydrogens is 350 g/mol. The number of carbonyl (C=O) groups is 2. The van der Waals surface area contributed by atoms with Gasteiger partial charge in [-0.05, 0) is 37.1 Å². The van der Waals surface area contributed by atoms with Crippen LogP contribution in [0.15, 0.2) is 17.5 Å². The van der Waals surface area contributed by atoms with Crippen LogP contribution in [0.25, 0.3) is 0 Å². The number of likely N-dealkylation sites (tertiary alicyclic amines) is 1. The van der Waals surface area contributed by atoms with E-state index in [4.69, 9.17) is 4.74 Å². The molecule has 4 heterocycles. The highest BCUT2D eigenvalue weighted by Crippen LogP contribution is 2.24. The van der Waals surface area contributed by atoms with Gasteiger partial charge in [0.2, 0.25) is 5.91 Å². The first-order valence-electron chi connectivity index (χ1n) is 9.69. The SMILES string of the molecule is O=C(C1CCCCN1C(=O)c1cccs1)N1CCN(C2CCOC2)CC1. The zero-order chi connectivity index (χ0) is 17.9. The van der Waals surface area contributed by atoms with Crippen molar-refractivity contribution < 1.29 is 14.3 Å². The Morgan fingerprint density at radius 1 is 1.08 bits per heavy atom. The van der Waals surface area contributed by atoms with Gasteiger partial charge in [-0.3, -0.25) is 14.5 Å². The highest BCUT2D eigenvalue weighted by molar-refractivity contribution is 7.12. The third-order valence-electron chi connectivity index (χ3n) is 5.83. The van der Waals surface area contributed by atoms with E-state index in [1.807, 2.05) is 27.3 Å². The van der Waals surface area contributed by atoms with Crippen LogP contribution in [0, 0.1) is 0 Å². The summed E-state index contributed by atoms with van der Waals surface area (Å²) in [5.41, 5.74) is 0. The van der Waals surface area contributed by atoms with Gasteiger partial charge in [0.25, 0.3) is 5.91 Å². The molecule has 0 N–H and O–H groups in total. The summed E-state index contributed by atoms with van der Waals surface area (Å²) in [5.74, 6) is 0.150. The van der Waals surface area contributed by atoms with Gasteiger partial charge in [-0.1, -0.05) is 6.07 Å². The van der Waals surface area contributed by atoms with Crippen LogP contribution in [-0.2, 0) is 9.53 Å². The predicted molar refractivity (Wildman–Crippen MR) is 100 cm³/mol. The standard InChI is InChI=1S/C19H27N3O3S/c23-18(21-10-8-20(9-11-21)15-6-12-25-14-15)16-4-1-2-7-22(16)19(24)17-5-3-13-26-17/h3,5,13,15-16H,1-2,4,6-12,14H2. The van der Waals surface area contributed by atoms with Gasteiger partial charge in [0.15, 0.2) is 0 Å². The third-order valence-corrected chi connectivity index (χ3v) is 6.69. The van der Waals surface area contributed by atoms with Crippen LogP contribution in [0.4, 0.5) is 0 Å². The number of amides is 2. The summed E-state index contributed by atoms with van der Waals surface area (Å²) in [6.07, 6.45) is 3.88. The lowest BCUT2D eigenvalue weighted by atomic mass is 10.00. The molecule has 6 nitrogen and oxygen atoms in total. The number of rotatable bonds is 3. The van der Waals surface area contributed by atoms with Crippen LogP contribution in [0.3, 0.4) is 0 Å². The van der Waals surface area contributed by atoms with Crippen molar-refractivity contribution in [2.75, 3.05) is 45.9 Å². The second kappa shape index (κ2) is 8.06. The molecule has 1 aromatic rings. The predicted octanol–water partition coefficient (Wildman–Crippen LogP) is 1.68. The Bertz CT molecular complexity index is 622. The average Bonchev–Trinajstić information content (AvgIpc) is 3.41. The van der Waals surface area contributed by atoms with Gasteiger partial charge in [0, 0.05) is 45.4 Å². The fourth-order valence-electron chi connectivity index (χ4n) is 4.30. The molecule has 3 aliphatic rings. The molecule has 0 radical (unpaired) electrons. The molecule has 0 saturated carbocycles. The van der Waals surface area contributed by atoms with Gasteiger partial charge in [0.1, 0.15) is 6.04 Å². The molecule has 2 unspecified atom stereocenters. The Hall–Kier alpha value is -1.44. The number of hydrogen-bond acceptors (Lipinski definition) is 5. The zero-order valence-corrected chi connectivity index (χ0v) is 16.0. The van der Waals surface area contributed by atoms with E-state index in [0.717, 1.165) is 70.0 Å². The van der Waals surface area contributed by atoms with Crippen molar-refractivity contribution in [1.82, 2.24) is 14.7 Å². The maximum Gasteiger partial charge on any atom is 0.264 e. The molecule has 2 amide bonds. The van der Waals surface area contributed by atoms with E-state index in [-0.39, 0.29) is 17.9 Å². The van der Waals surface area contributed by atoms with E-state index in [2.05, 4.69) is 4.90 Å². The summed E-state index contributed by atoms with van der Waals surface area (Å²) in [4.78, 5) is 33.0. The number of carbonyl (C=O) groups excluding carboxylic acids is 2. The monoisotopic (exact) mass is 377 g/mol. The molecule has 0 bridgehead atoms. The van der Waals surface area contributed by atoms with E-state index in [0.29, 0.717) is 12.6 Å². The van der Waals surface area contributed by atoms with E-state index in [9.17, 15) is 9.59 Å². The van der Waals surface area contributed by atoms with Crippen molar-refractivity contribution in [2.24, 2.45) is 0 Å². The second-order valence-electron chi connectivity index (χ2n) is 7.37. The second-order valence-corrected chi connectivity index (χ2v) is 8.31. The molecule has 0 spiro atoms. The lowest BCUT2D eigenvalue weighted by molar-refractivity contribution is -0.139. The van der Waals surface area contributed by atoms with E-state index < -0.39 is 0 Å². The minimum Gasteiger partial charge on any atom is -0.380 e. The molecule has 0 aliphatic carbocycles. The minimum atomic E-state index is -0.292. The smallest absolute Gasteiger partial charge is 0.264 e. The van der Waals surface area contributed by atoms with Crippen molar-refractivity contribution in [3.8, 4) is 0 Å². The zero-order valence-electron chi connectivity index (χ0n) is 15.1. The average molecular weight is 378 g/mol. The van der Waals surface area contributed by atoms with Gasteiger partial charge in [-0.25, -0.2) is 0 Å². The van der Waals surface area contributed by atoms with Crippen LogP contribution in [0.2, 0.25) is 0 Å². The Balaban J connectivity index is 1.39. The lowest BCUT2D eigenvalue weighted by Gasteiger charge is -2.41. The molecule has 0 aromatic carbocycles. The Morgan fingerprint density at radius 2 is 1.92 bits per heavy atom. The van der Waals surface area contributed by atoms with Crippen molar-refractivity contribution in [3.63, 3.8) is 0 Å². The summed E-state index contributed by atoms with van der Waals surface area (Å²) in [5, 5.41) is 1.92. The van der Waals surface area contributed by atoms with E-state index in [1.54, 1.807) is 0 Å². The first-order chi connectivity index (χ1) is 12.7. The van der Waals surface area contributed by atoms with Crippen LogP contribution < -0.4 is 0 Å².